The SMILES string of the molecule is NC(=O)NC(=O)Nc1ccc(Cl)c(C(F)(F)F)c1. The molecule has 0 atom stereocenters. The minimum absolute atomic E-state index is 0.175. The number of nitrogens with two attached hydrogens (primary N) is 1. The number of carbonyl (C=O) groups is 2. The van der Waals surface area contributed by atoms with E-state index in [1.165, 1.54) is 0 Å². The molecule has 0 saturated carbocycles. The molecule has 1 rings (SSSR count). The summed E-state index contributed by atoms with van der Waals surface area (Å²) < 4.78 is 37.5. The fourth-order valence-electron chi connectivity index (χ4n) is 1.09. The molecule has 4 N–H and O–H groups in total. The highest BCUT2D eigenvalue weighted by atomic mass is 35.5. The molecule has 0 aliphatic rings. The van der Waals surface area contributed by atoms with E-state index in [2.05, 4.69) is 5.73 Å². The monoisotopic (exact) mass is 281 g/mol. The first-order valence-corrected chi connectivity index (χ1v) is 4.82. The Morgan fingerprint density at radius 1 is 1.28 bits per heavy atom. The second kappa shape index (κ2) is 5.13. The van der Waals surface area contributed by atoms with Crippen LogP contribution in [-0.2, 0) is 6.18 Å². The summed E-state index contributed by atoms with van der Waals surface area (Å²) in [6, 6.07) is 0.598. The third kappa shape index (κ3) is 3.81. The Morgan fingerprint density at radius 2 is 1.89 bits per heavy atom. The van der Waals surface area contributed by atoms with Gasteiger partial charge in [0.1, 0.15) is 0 Å². The van der Waals surface area contributed by atoms with Gasteiger partial charge in [0.05, 0.1) is 10.6 Å². The number of urea groups is 2. The molecule has 0 aliphatic carbocycles. The van der Waals surface area contributed by atoms with E-state index < -0.39 is 28.8 Å². The lowest BCUT2D eigenvalue weighted by molar-refractivity contribution is -0.137. The van der Waals surface area contributed by atoms with E-state index in [1.807, 2.05) is 5.32 Å². The summed E-state index contributed by atoms with van der Waals surface area (Å²) in [4.78, 5) is 21.4. The fraction of sp³-hybridized carbons (Fsp3) is 0.111. The maximum absolute atomic E-state index is 12.5. The molecule has 0 heterocycles. The van der Waals surface area contributed by atoms with Crippen LogP contribution in [0.5, 0.6) is 0 Å². The van der Waals surface area contributed by atoms with Crippen molar-refractivity contribution in [3.63, 3.8) is 0 Å². The van der Waals surface area contributed by atoms with Gasteiger partial charge < -0.3 is 11.1 Å². The van der Waals surface area contributed by atoms with Crippen molar-refractivity contribution in [1.29, 1.82) is 0 Å². The minimum atomic E-state index is -4.64. The quantitative estimate of drug-likeness (QED) is 0.739. The van der Waals surface area contributed by atoms with Crippen LogP contribution in [0, 0.1) is 0 Å². The van der Waals surface area contributed by atoms with Gasteiger partial charge >= 0.3 is 18.2 Å². The molecule has 0 bridgehead atoms. The van der Waals surface area contributed by atoms with E-state index in [-0.39, 0.29) is 5.69 Å². The largest absolute Gasteiger partial charge is 0.417 e. The molecular weight excluding hydrogens is 275 g/mol. The molecule has 0 fully saturated rings. The lowest BCUT2D eigenvalue weighted by Gasteiger charge is -2.11. The van der Waals surface area contributed by atoms with Crippen LogP contribution in [0.1, 0.15) is 5.56 Å². The number of hydrogen-bond donors (Lipinski definition) is 3. The summed E-state index contributed by atoms with van der Waals surface area (Å²) in [5.41, 5.74) is 3.39. The van der Waals surface area contributed by atoms with Crippen LogP contribution in [0.25, 0.3) is 0 Å². The number of rotatable bonds is 1. The second-order valence-electron chi connectivity index (χ2n) is 3.14. The smallest absolute Gasteiger partial charge is 0.351 e. The Kier molecular flexibility index (Phi) is 4.02. The number of halogens is 4. The summed E-state index contributed by atoms with van der Waals surface area (Å²) >= 11 is 5.38. The average molecular weight is 282 g/mol. The van der Waals surface area contributed by atoms with Crippen LogP contribution in [-0.4, -0.2) is 12.1 Å². The molecule has 98 valence electrons. The van der Waals surface area contributed by atoms with Gasteiger partial charge in [0.15, 0.2) is 0 Å². The molecule has 0 aromatic heterocycles. The molecule has 0 unspecified atom stereocenters. The zero-order valence-electron chi connectivity index (χ0n) is 8.64. The highest BCUT2D eigenvalue weighted by Crippen LogP contribution is 2.36. The topological polar surface area (TPSA) is 84.2 Å². The van der Waals surface area contributed by atoms with Gasteiger partial charge in [-0.15, -0.1) is 0 Å². The Bertz CT molecular complexity index is 490. The standard InChI is InChI=1S/C9H7ClF3N3O2/c10-6-2-1-4(3-5(6)9(11,12)13)15-8(18)16-7(14)17/h1-3H,(H4,14,15,16,17,18). The van der Waals surface area contributed by atoms with Crippen molar-refractivity contribution in [2.45, 2.75) is 6.18 Å². The third-order valence-electron chi connectivity index (χ3n) is 1.77. The van der Waals surface area contributed by atoms with Crippen molar-refractivity contribution < 1.29 is 22.8 Å². The number of primary amides is 1. The molecule has 9 heteroatoms. The highest BCUT2D eigenvalue weighted by molar-refractivity contribution is 6.31. The fourth-order valence-corrected chi connectivity index (χ4v) is 1.32. The van der Waals surface area contributed by atoms with Crippen LogP contribution >= 0.6 is 11.6 Å². The number of anilines is 1. The molecular formula is C9H7ClF3N3O2. The number of hydrogen-bond acceptors (Lipinski definition) is 2. The first-order valence-electron chi connectivity index (χ1n) is 4.44. The minimum Gasteiger partial charge on any atom is -0.351 e. The van der Waals surface area contributed by atoms with Gasteiger partial charge in [-0.2, -0.15) is 13.2 Å². The third-order valence-corrected chi connectivity index (χ3v) is 2.10. The Balaban J connectivity index is 2.92. The van der Waals surface area contributed by atoms with E-state index >= 15 is 0 Å². The lowest BCUT2D eigenvalue weighted by atomic mass is 10.2. The van der Waals surface area contributed by atoms with Crippen LogP contribution in [0.3, 0.4) is 0 Å². The van der Waals surface area contributed by atoms with Gasteiger partial charge in [0.2, 0.25) is 0 Å². The number of amides is 4. The first kappa shape index (κ1) is 14.1. The maximum atomic E-state index is 12.5. The van der Waals surface area contributed by atoms with E-state index in [9.17, 15) is 22.8 Å². The van der Waals surface area contributed by atoms with Crippen molar-refractivity contribution in [3.8, 4) is 0 Å². The number of benzene rings is 1. The van der Waals surface area contributed by atoms with Gasteiger partial charge in [0, 0.05) is 5.69 Å². The molecule has 5 nitrogen and oxygen atoms in total. The van der Waals surface area contributed by atoms with Crippen LogP contribution in [0.2, 0.25) is 5.02 Å². The predicted molar refractivity (Wildman–Crippen MR) is 58.2 cm³/mol. The zero-order chi connectivity index (χ0) is 13.9. The van der Waals surface area contributed by atoms with Crippen molar-refractivity contribution >= 4 is 29.4 Å². The molecule has 18 heavy (non-hydrogen) atoms. The molecule has 0 spiro atoms. The van der Waals surface area contributed by atoms with Crippen molar-refractivity contribution in [2.24, 2.45) is 5.73 Å². The molecule has 0 radical (unpaired) electrons. The van der Waals surface area contributed by atoms with Crippen molar-refractivity contribution in [1.82, 2.24) is 5.32 Å². The summed E-state index contributed by atoms with van der Waals surface area (Å²) in [5, 5.41) is 3.15. The highest BCUT2D eigenvalue weighted by Gasteiger charge is 2.33. The van der Waals surface area contributed by atoms with Gasteiger partial charge in [-0.05, 0) is 18.2 Å². The van der Waals surface area contributed by atoms with Gasteiger partial charge in [0.25, 0.3) is 0 Å². The molecule has 0 saturated heterocycles. The number of imide groups is 1. The molecule has 1 aromatic carbocycles. The van der Waals surface area contributed by atoms with Crippen LogP contribution < -0.4 is 16.4 Å². The van der Waals surface area contributed by atoms with Gasteiger partial charge in [-0.1, -0.05) is 11.6 Å². The zero-order valence-corrected chi connectivity index (χ0v) is 9.39. The average Bonchev–Trinajstić information content (AvgIpc) is 2.17. The van der Waals surface area contributed by atoms with E-state index in [1.54, 1.807) is 5.32 Å². The van der Waals surface area contributed by atoms with E-state index in [4.69, 9.17) is 11.6 Å². The molecule has 1 aromatic rings. The number of carbonyl (C=O) groups excluding carboxylic acids is 2. The lowest BCUT2D eigenvalue weighted by Crippen LogP contribution is -2.38. The van der Waals surface area contributed by atoms with E-state index in [0.29, 0.717) is 6.07 Å². The van der Waals surface area contributed by atoms with Gasteiger partial charge in [-0.25, -0.2) is 9.59 Å². The predicted octanol–water partition coefficient (Wildman–Crippen LogP) is 2.56. The van der Waals surface area contributed by atoms with Crippen LogP contribution in [0.15, 0.2) is 18.2 Å². The Hall–Kier alpha value is -1.96. The summed E-state index contributed by atoms with van der Waals surface area (Å²) in [7, 11) is 0. The Labute approximate surface area is 104 Å². The maximum Gasteiger partial charge on any atom is 0.417 e. The van der Waals surface area contributed by atoms with E-state index in [0.717, 1.165) is 12.1 Å². The number of alkyl halides is 3. The number of nitrogens with one attached hydrogen (secondary N) is 2. The molecule has 0 aliphatic heterocycles. The first-order chi connectivity index (χ1) is 8.20. The Morgan fingerprint density at radius 3 is 2.39 bits per heavy atom. The summed E-state index contributed by atoms with van der Waals surface area (Å²) in [6.45, 7) is 0. The second-order valence-corrected chi connectivity index (χ2v) is 3.54. The summed E-state index contributed by atoms with van der Waals surface area (Å²) in [5.74, 6) is 0. The van der Waals surface area contributed by atoms with Crippen LogP contribution in [0.4, 0.5) is 28.4 Å². The normalized spacial score (nSPS) is 10.9. The summed E-state index contributed by atoms with van der Waals surface area (Å²) in [6.07, 6.45) is -4.64. The van der Waals surface area contributed by atoms with Gasteiger partial charge in [-0.3, -0.25) is 5.32 Å². The van der Waals surface area contributed by atoms with Crippen molar-refractivity contribution in [3.05, 3.63) is 28.8 Å². The van der Waals surface area contributed by atoms with Crippen molar-refractivity contribution in [2.75, 3.05) is 5.32 Å². The molecule has 4 amide bonds.